The molecule has 0 saturated carbocycles. The van der Waals surface area contributed by atoms with Gasteiger partial charge in [-0.05, 0) is 18.2 Å². The molecule has 0 fully saturated rings. The van der Waals surface area contributed by atoms with Crippen molar-refractivity contribution in [1.29, 1.82) is 0 Å². The molecular weight excluding hydrogens is 240 g/mol. The quantitative estimate of drug-likeness (QED) is 0.805. The number of ether oxygens (including phenoxy) is 1. The van der Waals surface area contributed by atoms with Gasteiger partial charge in [0.05, 0.1) is 9.92 Å². The summed E-state index contributed by atoms with van der Waals surface area (Å²) < 4.78 is 27.1. The van der Waals surface area contributed by atoms with Gasteiger partial charge in [0.1, 0.15) is 12.4 Å². The number of sulfonamides is 1. The Morgan fingerprint density at radius 2 is 2.07 bits per heavy atom. The van der Waals surface area contributed by atoms with E-state index in [1.807, 2.05) is 0 Å². The van der Waals surface area contributed by atoms with E-state index in [1.165, 1.54) is 18.2 Å². The van der Waals surface area contributed by atoms with Crippen LogP contribution in [0.5, 0.6) is 5.75 Å². The van der Waals surface area contributed by atoms with Crippen LogP contribution in [0, 0.1) is 0 Å². The highest BCUT2D eigenvalue weighted by Crippen LogP contribution is 2.26. The second-order valence-corrected chi connectivity index (χ2v) is 4.74. The SMILES string of the molecule is NCCOc1ccc(S(N)(=O)=O)cc1Cl. The van der Waals surface area contributed by atoms with Gasteiger partial charge in [-0.2, -0.15) is 0 Å². The van der Waals surface area contributed by atoms with E-state index in [-0.39, 0.29) is 9.92 Å². The van der Waals surface area contributed by atoms with Crippen LogP contribution in [0.3, 0.4) is 0 Å². The summed E-state index contributed by atoms with van der Waals surface area (Å²) in [6, 6.07) is 4.01. The second kappa shape index (κ2) is 4.80. The minimum atomic E-state index is -3.73. The Hall–Kier alpha value is -0.820. The van der Waals surface area contributed by atoms with Gasteiger partial charge in [0.2, 0.25) is 10.0 Å². The molecule has 0 aliphatic carbocycles. The van der Waals surface area contributed by atoms with Crippen LogP contribution in [0.25, 0.3) is 0 Å². The number of hydrogen-bond acceptors (Lipinski definition) is 4. The van der Waals surface area contributed by atoms with E-state index in [2.05, 4.69) is 0 Å². The Balaban J connectivity index is 2.99. The Bertz CT molecular complexity index is 447. The Kier molecular flexibility index (Phi) is 3.92. The van der Waals surface area contributed by atoms with Gasteiger partial charge in [0.25, 0.3) is 0 Å². The number of hydrogen-bond donors (Lipinski definition) is 2. The van der Waals surface area contributed by atoms with Gasteiger partial charge in [-0.15, -0.1) is 0 Å². The largest absolute Gasteiger partial charge is 0.491 e. The van der Waals surface area contributed by atoms with Crippen LogP contribution in [0.15, 0.2) is 23.1 Å². The summed E-state index contributed by atoms with van der Waals surface area (Å²) in [7, 11) is -3.73. The van der Waals surface area contributed by atoms with Crippen molar-refractivity contribution in [3.8, 4) is 5.75 Å². The maximum atomic E-state index is 11.0. The van der Waals surface area contributed by atoms with Gasteiger partial charge in [0, 0.05) is 6.54 Å². The number of benzene rings is 1. The van der Waals surface area contributed by atoms with Gasteiger partial charge in [-0.3, -0.25) is 0 Å². The fourth-order valence-corrected chi connectivity index (χ4v) is 1.78. The van der Waals surface area contributed by atoms with Gasteiger partial charge in [-0.25, -0.2) is 13.6 Å². The number of rotatable bonds is 4. The van der Waals surface area contributed by atoms with Crippen LogP contribution in [-0.2, 0) is 10.0 Å². The third kappa shape index (κ3) is 3.35. The average Bonchev–Trinajstić information content (AvgIpc) is 2.14. The molecular formula is C8H11ClN2O3S. The summed E-state index contributed by atoms with van der Waals surface area (Å²) >= 11 is 5.79. The summed E-state index contributed by atoms with van der Waals surface area (Å²) in [5, 5.41) is 5.12. The molecule has 0 spiro atoms. The van der Waals surface area contributed by atoms with E-state index < -0.39 is 10.0 Å². The van der Waals surface area contributed by atoms with Gasteiger partial charge in [-0.1, -0.05) is 11.6 Å². The van der Waals surface area contributed by atoms with Crippen LogP contribution in [-0.4, -0.2) is 21.6 Å². The van der Waals surface area contributed by atoms with E-state index >= 15 is 0 Å². The normalized spacial score (nSPS) is 11.4. The van der Waals surface area contributed by atoms with E-state index in [1.54, 1.807) is 0 Å². The zero-order valence-corrected chi connectivity index (χ0v) is 9.38. The highest BCUT2D eigenvalue weighted by atomic mass is 35.5. The number of halogens is 1. The molecule has 0 unspecified atom stereocenters. The number of primary sulfonamides is 1. The molecule has 0 heterocycles. The van der Waals surface area contributed by atoms with Crippen molar-refractivity contribution in [2.45, 2.75) is 4.90 Å². The first kappa shape index (κ1) is 12.3. The molecule has 4 N–H and O–H groups in total. The maximum Gasteiger partial charge on any atom is 0.238 e. The number of nitrogens with two attached hydrogens (primary N) is 2. The maximum absolute atomic E-state index is 11.0. The van der Waals surface area contributed by atoms with Crippen LogP contribution < -0.4 is 15.6 Å². The molecule has 1 aromatic carbocycles. The summed E-state index contributed by atoms with van der Waals surface area (Å²) in [5.74, 6) is 0.384. The van der Waals surface area contributed by atoms with Crippen molar-refractivity contribution in [3.63, 3.8) is 0 Å². The summed E-state index contributed by atoms with van der Waals surface area (Å²) in [5.41, 5.74) is 5.24. The monoisotopic (exact) mass is 250 g/mol. The smallest absolute Gasteiger partial charge is 0.238 e. The minimum absolute atomic E-state index is 0.0485. The van der Waals surface area contributed by atoms with E-state index in [0.717, 1.165) is 0 Å². The van der Waals surface area contributed by atoms with Gasteiger partial charge < -0.3 is 10.5 Å². The van der Waals surface area contributed by atoms with E-state index in [9.17, 15) is 8.42 Å². The highest BCUT2D eigenvalue weighted by Gasteiger charge is 2.10. The third-order valence-corrected chi connectivity index (χ3v) is 2.81. The van der Waals surface area contributed by atoms with Crippen LogP contribution >= 0.6 is 11.6 Å². The first-order valence-corrected chi connectivity index (χ1v) is 6.03. The van der Waals surface area contributed by atoms with Crippen LogP contribution in [0.1, 0.15) is 0 Å². The topological polar surface area (TPSA) is 95.4 Å². The molecule has 0 amide bonds. The zero-order chi connectivity index (χ0) is 11.5. The first-order chi connectivity index (χ1) is 6.95. The average molecular weight is 251 g/mol. The predicted octanol–water partition coefficient (Wildman–Crippen LogP) is 0.325. The van der Waals surface area contributed by atoms with Crippen LogP contribution in [0.4, 0.5) is 0 Å². The summed E-state index contributed by atoms with van der Waals surface area (Å²) in [6.07, 6.45) is 0. The van der Waals surface area contributed by atoms with Crippen LogP contribution in [0.2, 0.25) is 5.02 Å². The lowest BCUT2D eigenvalue weighted by molar-refractivity contribution is 0.328. The molecule has 7 heteroatoms. The standard InChI is InChI=1S/C8H11ClN2O3S/c9-7-5-6(15(11,12)13)1-2-8(7)14-4-3-10/h1-2,5H,3-4,10H2,(H2,11,12,13). The molecule has 0 atom stereocenters. The fourth-order valence-electron chi connectivity index (χ4n) is 0.944. The third-order valence-electron chi connectivity index (χ3n) is 1.61. The molecule has 0 bridgehead atoms. The van der Waals surface area contributed by atoms with E-state index in [0.29, 0.717) is 18.9 Å². The Labute approximate surface area is 93.0 Å². The molecule has 0 aliphatic heterocycles. The highest BCUT2D eigenvalue weighted by molar-refractivity contribution is 7.89. The van der Waals surface area contributed by atoms with Crippen molar-refractivity contribution in [1.82, 2.24) is 0 Å². The van der Waals surface area contributed by atoms with Gasteiger partial charge >= 0.3 is 0 Å². The molecule has 15 heavy (non-hydrogen) atoms. The lowest BCUT2D eigenvalue weighted by Gasteiger charge is -2.07. The lowest BCUT2D eigenvalue weighted by atomic mass is 10.3. The van der Waals surface area contributed by atoms with Crippen molar-refractivity contribution in [2.75, 3.05) is 13.2 Å². The minimum Gasteiger partial charge on any atom is -0.491 e. The molecule has 1 rings (SSSR count). The Morgan fingerprint density at radius 1 is 1.40 bits per heavy atom. The first-order valence-electron chi connectivity index (χ1n) is 4.10. The van der Waals surface area contributed by atoms with Crippen molar-refractivity contribution >= 4 is 21.6 Å². The Morgan fingerprint density at radius 3 is 2.53 bits per heavy atom. The van der Waals surface area contributed by atoms with Crippen molar-refractivity contribution in [3.05, 3.63) is 23.2 Å². The molecule has 1 aromatic rings. The van der Waals surface area contributed by atoms with Crippen molar-refractivity contribution in [2.24, 2.45) is 10.9 Å². The lowest BCUT2D eigenvalue weighted by Crippen LogP contribution is -2.13. The van der Waals surface area contributed by atoms with Gasteiger partial charge in [0.15, 0.2) is 0 Å². The summed E-state index contributed by atoms with van der Waals surface area (Å²) in [4.78, 5) is -0.0485. The molecule has 0 aromatic heterocycles. The molecule has 5 nitrogen and oxygen atoms in total. The molecule has 84 valence electrons. The fraction of sp³-hybridized carbons (Fsp3) is 0.250. The predicted molar refractivity (Wildman–Crippen MR) is 57.4 cm³/mol. The second-order valence-electron chi connectivity index (χ2n) is 2.77. The molecule has 0 radical (unpaired) electrons. The summed E-state index contributed by atoms with van der Waals surface area (Å²) in [6.45, 7) is 0.668. The molecule has 0 saturated heterocycles. The zero-order valence-electron chi connectivity index (χ0n) is 7.81. The van der Waals surface area contributed by atoms with E-state index in [4.69, 9.17) is 27.2 Å². The van der Waals surface area contributed by atoms with Crippen molar-refractivity contribution < 1.29 is 13.2 Å². The molecule has 0 aliphatic rings.